The molecule has 1 aromatic heterocycles. The Morgan fingerprint density at radius 1 is 1.67 bits per heavy atom. The van der Waals surface area contributed by atoms with Gasteiger partial charge < -0.3 is 9.88 Å². The predicted molar refractivity (Wildman–Crippen MR) is 63.1 cm³/mol. The van der Waals surface area contributed by atoms with E-state index in [-0.39, 0.29) is 0 Å². The molecule has 0 aliphatic carbocycles. The molecule has 15 heavy (non-hydrogen) atoms. The van der Waals surface area contributed by atoms with Gasteiger partial charge in [-0.25, -0.2) is 4.98 Å². The summed E-state index contributed by atoms with van der Waals surface area (Å²) in [5.74, 6) is 0.763. The highest BCUT2D eigenvalue weighted by molar-refractivity contribution is 7.84. The van der Waals surface area contributed by atoms with Gasteiger partial charge in [0.1, 0.15) is 0 Å². The van der Waals surface area contributed by atoms with Crippen LogP contribution < -0.4 is 5.32 Å². The van der Waals surface area contributed by atoms with Crippen LogP contribution in [0.2, 0.25) is 0 Å². The first-order valence-corrected chi connectivity index (χ1v) is 6.81. The quantitative estimate of drug-likeness (QED) is 0.780. The third-order valence-electron chi connectivity index (χ3n) is 2.39. The van der Waals surface area contributed by atoms with Gasteiger partial charge in [-0.15, -0.1) is 0 Å². The lowest BCUT2D eigenvalue weighted by Crippen LogP contribution is -2.27. The van der Waals surface area contributed by atoms with Crippen molar-refractivity contribution in [3.8, 4) is 0 Å². The molecular weight excluding hydrogens is 210 g/mol. The van der Waals surface area contributed by atoms with Gasteiger partial charge >= 0.3 is 0 Å². The number of nitrogens with zero attached hydrogens (tertiary/aromatic N) is 2. The van der Waals surface area contributed by atoms with Crippen LogP contribution in [0.25, 0.3) is 0 Å². The first kappa shape index (κ1) is 12.4. The van der Waals surface area contributed by atoms with Crippen molar-refractivity contribution in [1.29, 1.82) is 0 Å². The van der Waals surface area contributed by atoms with Gasteiger partial charge in [-0.3, -0.25) is 4.21 Å². The molecule has 0 aliphatic heterocycles. The summed E-state index contributed by atoms with van der Waals surface area (Å²) in [5, 5.41) is 3.39. The van der Waals surface area contributed by atoms with E-state index in [9.17, 15) is 4.21 Å². The van der Waals surface area contributed by atoms with E-state index in [4.69, 9.17) is 0 Å². The highest BCUT2D eigenvalue weighted by Crippen LogP contribution is 1.98. The van der Waals surface area contributed by atoms with E-state index in [0.717, 1.165) is 18.7 Å². The van der Waals surface area contributed by atoms with Gasteiger partial charge in [-0.05, 0) is 13.3 Å². The Labute approximate surface area is 93.5 Å². The van der Waals surface area contributed by atoms with Crippen LogP contribution in [-0.4, -0.2) is 31.8 Å². The zero-order valence-electron chi connectivity index (χ0n) is 9.56. The fraction of sp³-hybridized carbons (Fsp3) is 0.700. The fourth-order valence-electron chi connectivity index (χ4n) is 1.28. The topological polar surface area (TPSA) is 46.9 Å². The number of aryl methyl sites for hydroxylation is 1. The van der Waals surface area contributed by atoms with Crippen molar-refractivity contribution in [2.75, 3.05) is 12.0 Å². The Morgan fingerprint density at radius 2 is 2.40 bits per heavy atom. The minimum Gasteiger partial charge on any atom is -0.337 e. The molecule has 0 aromatic carbocycles. The molecule has 1 aromatic rings. The average molecular weight is 229 g/mol. The van der Waals surface area contributed by atoms with Crippen molar-refractivity contribution in [2.45, 2.75) is 25.9 Å². The van der Waals surface area contributed by atoms with Gasteiger partial charge in [0.15, 0.2) is 0 Å². The molecule has 0 fully saturated rings. The van der Waals surface area contributed by atoms with E-state index in [2.05, 4.69) is 17.2 Å². The molecule has 1 N–H and O–H groups in total. The minimum atomic E-state index is -0.688. The summed E-state index contributed by atoms with van der Waals surface area (Å²) >= 11 is 0. The van der Waals surface area contributed by atoms with E-state index in [1.165, 1.54) is 5.69 Å². The molecule has 5 heteroatoms. The van der Waals surface area contributed by atoms with Gasteiger partial charge in [0.25, 0.3) is 0 Å². The maximum atomic E-state index is 10.9. The molecule has 86 valence electrons. The highest BCUT2D eigenvalue weighted by Gasteiger charge is 2.04. The maximum absolute atomic E-state index is 10.9. The molecule has 4 nitrogen and oxygen atoms in total. The number of rotatable bonds is 6. The summed E-state index contributed by atoms with van der Waals surface area (Å²) in [6.45, 7) is 2.93. The molecule has 0 spiro atoms. The second-order valence-corrected chi connectivity index (χ2v) is 5.40. The van der Waals surface area contributed by atoms with E-state index in [1.54, 1.807) is 12.6 Å². The molecule has 0 saturated carbocycles. The van der Waals surface area contributed by atoms with E-state index in [0.29, 0.717) is 6.04 Å². The minimum absolute atomic E-state index is 0.392. The SMILES string of the molecule is CC(CCS(C)=O)NCc1cncn1C. The summed E-state index contributed by atoms with van der Waals surface area (Å²) in [7, 11) is 1.29. The van der Waals surface area contributed by atoms with Crippen molar-refractivity contribution in [2.24, 2.45) is 7.05 Å². The average Bonchev–Trinajstić information content (AvgIpc) is 2.58. The second-order valence-electron chi connectivity index (χ2n) is 3.84. The van der Waals surface area contributed by atoms with Crippen molar-refractivity contribution >= 4 is 10.8 Å². The molecular formula is C10H19N3OS. The van der Waals surface area contributed by atoms with Gasteiger partial charge in [-0.1, -0.05) is 0 Å². The molecule has 0 amide bonds. The summed E-state index contributed by atoms with van der Waals surface area (Å²) in [5.41, 5.74) is 1.17. The molecule has 0 radical (unpaired) electrons. The summed E-state index contributed by atoms with van der Waals surface area (Å²) in [4.78, 5) is 4.05. The van der Waals surface area contributed by atoms with Crippen molar-refractivity contribution in [3.05, 3.63) is 18.2 Å². The van der Waals surface area contributed by atoms with Crippen LogP contribution in [0.1, 0.15) is 19.0 Å². The Balaban J connectivity index is 2.25. The van der Waals surface area contributed by atoms with Crippen LogP contribution in [0.4, 0.5) is 0 Å². The molecule has 0 aliphatic rings. The van der Waals surface area contributed by atoms with E-state index < -0.39 is 10.8 Å². The predicted octanol–water partition coefficient (Wildman–Crippen LogP) is 0.667. The van der Waals surface area contributed by atoms with Crippen LogP contribution in [0, 0.1) is 0 Å². The lowest BCUT2D eigenvalue weighted by atomic mass is 10.2. The Kier molecular flexibility index (Phi) is 4.98. The van der Waals surface area contributed by atoms with Crippen LogP contribution in [0.15, 0.2) is 12.5 Å². The molecule has 1 rings (SSSR count). The number of hydrogen-bond donors (Lipinski definition) is 1. The summed E-state index contributed by atoms with van der Waals surface area (Å²) in [6, 6.07) is 0.392. The fourth-order valence-corrected chi connectivity index (χ4v) is 1.96. The Morgan fingerprint density at radius 3 is 2.93 bits per heavy atom. The van der Waals surface area contributed by atoms with Crippen LogP contribution in [0.3, 0.4) is 0 Å². The largest absolute Gasteiger partial charge is 0.337 e. The molecule has 1 heterocycles. The highest BCUT2D eigenvalue weighted by atomic mass is 32.2. The number of hydrogen-bond acceptors (Lipinski definition) is 3. The van der Waals surface area contributed by atoms with Crippen LogP contribution in [0.5, 0.6) is 0 Å². The van der Waals surface area contributed by atoms with Gasteiger partial charge in [0.05, 0.1) is 12.0 Å². The number of imidazole rings is 1. The second kappa shape index (κ2) is 6.02. The third kappa shape index (κ3) is 4.57. The Bertz CT molecular complexity index is 324. The molecule has 0 saturated heterocycles. The summed E-state index contributed by atoms with van der Waals surface area (Å²) in [6.07, 6.45) is 6.34. The zero-order valence-corrected chi connectivity index (χ0v) is 10.4. The van der Waals surface area contributed by atoms with Gasteiger partial charge in [-0.2, -0.15) is 0 Å². The van der Waals surface area contributed by atoms with Crippen LogP contribution >= 0.6 is 0 Å². The smallest absolute Gasteiger partial charge is 0.0945 e. The van der Waals surface area contributed by atoms with Crippen molar-refractivity contribution in [3.63, 3.8) is 0 Å². The van der Waals surface area contributed by atoms with Gasteiger partial charge in [0, 0.05) is 48.6 Å². The maximum Gasteiger partial charge on any atom is 0.0945 e. The number of aromatic nitrogens is 2. The monoisotopic (exact) mass is 229 g/mol. The first-order chi connectivity index (χ1) is 7.09. The van der Waals surface area contributed by atoms with E-state index >= 15 is 0 Å². The standard InChI is InChI=1S/C10H19N3OS/c1-9(4-5-15(3)14)12-7-10-6-11-8-13(10)2/h6,8-9,12H,4-5,7H2,1-3H3. The summed E-state index contributed by atoms with van der Waals surface area (Å²) < 4.78 is 12.9. The van der Waals surface area contributed by atoms with Crippen molar-refractivity contribution < 1.29 is 4.21 Å². The molecule has 0 bridgehead atoms. The Hall–Kier alpha value is -0.680. The third-order valence-corrected chi connectivity index (χ3v) is 3.20. The normalized spacial score (nSPS) is 15.1. The zero-order chi connectivity index (χ0) is 11.3. The molecule has 2 unspecified atom stereocenters. The molecule has 2 atom stereocenters. The number of nitrogens with one attached hydrogen (secondary N) is 1. The lowest BCUT2D eigenvalue weighted by molar-refractivity contribution is 0.523. The van der Waals surface area contributed by atoms with Gasteiger partial charge in [0.2, 0.25) is 0 Å². The first-order valence-electron chi connectivity index (χ1n) is 5.08. The van der Waals surface area contributed by atoms with Crippen molar-refractivity contribution in [1.82, 2.24) is 14.9 Å². The lowest BCUT2D eigenvalue weighted by Gasteiger charge is -2.12. The van der Waals surface area contributed by atoms with E-state index in [1.807, 2.05) is 17.8 Å². The van der Waals surface area contributed by atoms with Crippen LogP contribution in [-0.2, 0) is 24.4 Å².